The van der Waals surface area contributed by atoms with Gasteiger partial charge in [-0.15, -0.1) is 0 Å². The Labute approximate surface area is 167 Å². The molecule has 1 heterocycles. The Bertz CT molecular complexity index is 814. The van der Waals surface area contributed by atoms with Gasteiger partial charge < -0.3 is 11.1 Å². The van der Waals surface area contributed by atoms with Crippen LogP contribution in [-0.2, 0) is 11.2 Å². The van der Waals surface area contributed by atoms with E-state index >= 15 is 0 Å². The van der Waals surface area contributed by atoms with Crippen molar-refractivity contribution in [3.63, 3.8) is 0 Å². The molecule has 144 valence electrons. The lowest BCUT2D eigenvalue weighted by atomic mass is 10.0. The van der Waals surface area contributed by atoms with Gasteiger partial charge in [-0.25, -0.2) is 14.8 Å². The monoisotopic (exact) mass is 407 g/mol. The maximum absolute atomic E-state index is 11.9. The number of nitrogens with one attached hydrogen (secondary N) is 2. The minimum Gasteiger partial charge on any atom is -0.383 e. The van der Waals surface area contributed by atoms with E-state index in [1.807, 2.05) is 26.0 Å². The van der Waals surface area contributed by atoms with E-state index in [1.165, 1.54) is 0 Å². The summed E-state index contributed by atoms with van der Waals surface area (Å²) in [6.45, 7) is 4.41. The van der Waals surface area contributed by atoms with Crippen molar-refractivity contribution in [1.82, 2.24) is 20.6 Å². The van der Waals surface area contributed by atoms with E-state index in [2.05, 4.69) is 20.6 Å². The van der Waals surface area contributed by atoms with Crippen LogP contribution in [0.5, 0.6) is 0 Å². The van der Waals surface area contributed by atoms with Gasteiger partial charge in [0.25, 0.3) is 0 Å². The van der Waals surface area contributed by atoms with Gasteiger partial charge >= 0.3 is 6.03 Å². The Kier molecular flexibility index (Phi) is 7.87. The van der Waals surface area contributed by atoms with Crippen molar-refractivity contribution in [2.45, 2.75) is 31.8 Å². The normalized spacial score (nSPS) is 10.5. The van der Waals surface area contributed by atoms with Crippen molar-refractivity contribution in [1.29, 1.82) is 0 Å². The third kappa shape index (κ3) is 6.11. The minimum atomic E-state index is -0.504. The van der Waals surface area contributed by atoms with E-state index < -0.39 is 11.9 Å². The van der Waals surface area contributed by atoms with Gasteiger partial charge in [-0.3, -0.25) is 10.1 Å². The molecule has 1 aromatic carbocycles. The third-order valence-electron chi connectivity index (χ3n) is 3.58. The van der Waals surface area contributed by atoms with Crippen molar-refractivity contribution in [3.8, 4) is 11.1 Å². The average Bonchev–Trinajstić information content (AvgIpc) is 2.65. The topological polar surface area (TPSA) is 110 Å². The third-order valence-corrected chi connectivity index (χ3v) is 4.68. The Morgan fingerprint density at radius 1 is 1.19 bits per heavy atom. The maximum Gasteiger partial charge on any atom is 0.321 e. The molecule has 0 spiro atoms. The highest BCUT2D eigenvalue weighted by Gasteiger charge is 2.15. The summed E-state index contributed by atoms with van der Waals surface area (Å²) in [7, 11) is 0. The molecule has 9 heteroatoms. The van der Waals surface area contributed by atoms with Crippen LogP contribution < -0.4 is 16.4 Å². The second-order valence-corrected chi connectivity index (χ2v) is 7.05. The molecule has 4 N–H and O–H groups in total. The van der Waals surface area contributed by atoms with Crippen LogP contribution in [0.15, 0.2) is 29.4 Å². The SMILES string of the molecule is CCCNC(=O)NC(=O)CSc1nc(N)c(-c2ccc(Cl)cc2)c(CC)n1. The first-order chi connectivity index (χ1) is 12.9. The number of urea groups is 1. The van der Waals surface area contributed by atoms with Crippen LogP contribution in [0.25, 0.3) is 11.1 Å². The van der Waals surface area contributed by atoms with Gasteiger partial charge in [0.1, 0.15) is 5.82 Å². The standard InChI is InChI=1S/C18H22ClN5O2S/c1-3-9-21-17(26)23-14(25)10-27-18-22-13(4-2)15(16(20)24-18)11-5-7-12(19)8-6-11/h5-8H,3-4,9-10H2,1-2H3,(H2,20,22,24)(H2,21,23,25,26). The second-order valence-electron chi connectivity index (χ2n) is 5.67. The first-order valence-electron chi connectivity index (χ1n) is 8.57. The van der Waals surface area contributed by atoms with Gasteiger partial charge in [-0.05, 0) is 30.5 Å². The van der Waals surface area contributed by atoms with E-state index in [0.717, 1.165) is 35.0 Å². The van der Waals surface area contributed by atoms with Crippen molar-refractivity contribution in [2.75, 3.05) is 18.0 Å². The summed E-state index contributed by atoms with van der Waals surface area (Å²) in [4.78, 5) is 32.2. The van der Waals surface area contributed by atoms with Gasteiger partial charge in [0, 0.05) is 17.1 Å². The smallest absolute Gasteiger partial charge is 0.321 e. The Morgan fingerprint density at radius 3 is 2.52 bits per heavy atom. The molecule has 0 unspecified atom stereocenters. The molecule has 7 nitrogen and oxygen atoms in total. The summed E-state index contributed by atoms with van der Waals surface area (Å²) in [5.41, 5.74) is 8.58. The lowest BCUT2D eigenvalue weighted by Crippen LogP contribution is -2.40. The molecular formula is C18H22ClN5O2S. The average molecular weight is 408 g/mol. The van der Waals surface area contributed by atoms with Crippen LogP contribution >= 0.6 is 23.4 Å². The molecule has 0 fully saturated rings. The number of rotatable bonds is 7. The molecule has 27 heavy (non-hydrogen) atoms. The number of nitrogens with two attached hydrogens (primary N) is 1. The number of thioether (sulfide) groups is 1. The molecular weight excluding hydrogens is 386 g/mol. The first kappa shape index (κ1) is 21.0. The zero-order chi connectivity index (χ0) is 19.8. The number of carbonyl (C=O) groups is 2. The molecule has 0 aliphatic rings. The highest BCUT2D eigenvalue weighted by molar-refractivity contribution is 7.99. The molecule has 0 radical (unpaired) electrons. The number of imide groups is 1. The van der Waals surface area contributed by atoms with Gasteiger partial charge in [0.05, 0.1) is 11.4 Å². The van der Waals surface area contributed by atoms with Crippen molar-refractivity contribution >= 4 is 41.1 Å². The molecule has 1 aromatic heterocycles. The van der Waals surface area contributed by atoms with Crippen LogP contribution in [0.2, 0.25) is 5.02 Å². The number of halogens is 1. The molecule has 2 aromatic rings. The number of anilines is 1. The number of benzene rings is 1. The minimum absolute atomic E-state index is 0.0163. The van der Waals surface area contributed by atoms with Gasteiger partial charge in [0.2, 0.25) is 5.91 Å². The Hall–Kier alpha value is -2.32. The van der Waals surface area contributed by atoms with Crippen molar-refractivity contribution < 1.29 is 9.59 Å². The fourth-order valence-corrected chi connectivity index (χ4v) is 3.13. The summed E-state index contributed by atoms with van der Waals surface area (Å²) in [6.07, 6.45) is 1.45. The van der Waals surface area contributed by atoms with Crippen LogP contribution in [0.4, 0.5) is 10.6 Å². The van der Waals surface area contributed by atoms with Crippen LogP contribution in [0, 0.1) is 0 Å². The predicted octanol–water partition coefficient (Wildman–Crippen LogP) is 3.27. The predicted molar refractivity (Wildman–Crippen MR) is 109 cm³/mol. The number of aryl methyl sites for hydroxylation is 1. The molecule has 0 aliphatic carbocycles. The largest absolute Gasteiger partial charge is 0.383 e. The first-order valence-corrected chi connectivity index (χ1v) is 9.93. The van der Waals surface area contributed by atoms with Crippen molar-refractivity contribution in [2.24, 2.45) is 0 Å². The Morgan fingerprint density at radius 2 is 1.89 bits per heavy atom. The highest BCUT2D eigenvalue weighted by Crippen LogP contribution is 2.30. The fourth-order valence-electron chi connectivity index (χ4n) is 2.33. The lowest BCUT2D eigenvalue weighted by molar-refractivity contribution is -0.117. The zero-order valence-electron chi connectivity index (χ0n) is 15.2. The van der Waals surface area contributed by atoms with Gasteiger partial charge in [-0.2, -0.15) is 0 Å². The number of amides is 3. The number of nitrogen functional groups attached to an aromatic ring is 1. The quantitative estimate of drug-likeness (QED) is 0.480. The number of hydrogen-bond acceptors (Lipinski definition) is 6. The molecule has 0 aliphatic heterocycles. The maximum atomic E-state index is 11.9. The summed E-state index contributed by atoms with van der Waals surface area (Å²) in [5.74, 6) is -0.0639. The second kappa shape index (κ2) is 10.1. The summed E-state index contributed by atoms with van der Waals surface area (Å²) < 4.78 is 0. The fraction of sp³-hybridized carbons (Fsp3) is 0.333. The summed E-state index contributed by atoms with van der Waals surface area (Å²) in [5, 5.41) is 5.87. The Balaban J connectivity index is 2.09. The van der Waals surface area contributed by atoms with Gasteiger partial charge in [0.15, 0.2) is 5.16 Å². The molecule has 0 saturated heterocycles. The number of aromatic nitrogens is 2. The summed E-state index contributed by atoms with van der Waals surface area (Å²) >= 11 is 7.07. The van der Waals surface area contributed by atoms with E-state index in [1.54, 1.807) is 12.1 Å². The van der Waals surface area contributed by atoms with Crippen LogP contribution in [0.1, 0.15) is 26.0 Å². The highest BCUT2D eigenvalue weighted by atomic mass is 35.5. The molecule has 0 saturated carbocycles. The van der Waals surface area contributed by atoms with E-state index in [0.29, 0.717) is 29.0 Å². The van der Waals surface area contributed by atoms with E-state index in [-0.39, 0.29) is 5.75 Å². The number of hydrogen-bond donors (Lipinski definition) is 3. The lowest BCUT2D eigenvalue weighted by Gasteiger charge is -2.12. The van der Waals surface area contributed by atoms with Crippen LogP contribution in [0.3, 0.4) is 0 Å². The van der Waals surface area contributed by atoms with Crippen LogP contribution in [-0.4, -0.2) is 34.2 Å². The molecule has 0 bridgehead atoms. The van der Waals surface area contributed by atoms with Crippen molar-refractivity contribution in [3.05, 3.63) is 35.0 Å². The molecule has 3 amide bonds. The van der Waals surface area contributed by atoms with E-state index in [9.17, 15) is 9.59 Å². The summed E-state index contributed by atoms with van der Waals surface area (Å²) in [6, 6.07) is 6.80. The van der Waals surface area contributed by atoms with E-state index in [4.69, 9.17) is 17.3 Å². The number of carbonyl (C=O) groups excluding carboxylic acids is 2. The van der Waals surface area contributed by atoms with Gasteiger partial charge in [-0.1, -0.05) is 49.3 Å². The molecule has 0 atom stereocenters. The number of nitrogens with zero attached hydrogens (tertiary/aromatic N) is 2. The molecule has 2 rings (SSSR count). The zero-order valence-corrected chi connectivity index (χ0v) is 16.8.